The second-order valence-electron chi connectivity index (χ2n) is 4.87. The highest BCUT2D eigenvalue weighted by Gasteiger charge is 2.05. The van der Waals surface area contributed by atoms with E-state index >= 15 is 0 Å². The van der Waals surface area contributed by atoms with E-state index in [0.29, 0.717) is 18.9 Å². The Bertz CT molecular complexity index is 549. The van der Waals surface area contributed by atoms with Crippen LogP contribution in [0.5, 0.6) is 0 Å². The number of aromatic nitrogens is 1. The van der Waals surface area contributed by atoms with Crippen LogP contribution in [0.2, 0.25) is 0 Å². The van der Waals surface area contributed by atoms with E-state index in [1.165, 1.54) is 0 Å². The lowest BCUT2D eigenvalue weighted by Crippen LogP contribution is -2.24. The van der Waals surface area contributed by atoms with Crippen molar-refractivity contribution in [1.29, 1.82) is 0 Å². The summed E-state index contributed by atoms with van der Waals surface area (Å²) in [4.78, 5) is 16.1. The molecule has 2 aromatic rings. The topological polar surface area (TPSA) is 42.0 Å². The maximum Gasteiger partial charge on any atom is 0.220 e. The quantitative estimate of drug-likeness (QED) is 0.895. The van der Waals surface area contributed by atoms with E-state index in [2.05, 4.69) is 10.3 Å². The van der Waals surface area contributed by atoms with Crippen LogP contribution < -0.4 is 5.32 Å². The van der Waals surface area contributed by atoms with Gasteiger partial charge in [-0.3, -0.25) is 9.78 Å². The first-order chi connectivity index (χ1) is 8.65. The van der Waals surface area contributed by atoms with E-state index in [4.69, 9.17) is 0 Å². The Kier molecular flexibility index (Phi) is 3.92. The normalized spacial score (nSPS) is 10.8. The zero-order chi connectivity index (χ0) is 13.0. The van der Waals surface area contributed by atoms with Crippen molar-refractivity contribution in [1.82, 2.24) is 10.3 Å². The number of pyridine rings is 1. The van der Waals surface area contributed by atoms with Crippen molar-refractivity contribution in [2.75, 3.05) is 0 Å². The third kappa shape index (κ3) is 3.29. The van der Waals surface area contributed by atoms with E-state index in [9.17, 15) is 4.79 Å². The minimum Gasteiger partial charge on any atom is -0.350 e. The molecule has 0 saturated heterocycles. The van der Waals surface area contributed by atoms with E-state index in [1.54, 1.807) is 0 Å². The molecule has 0 saturated carbocycles. The summed E-state index contributed by atoms with van der Waals surface area (Å²) >= 11 is 0. The Morgan fingerprint density at radius 2 is 2.00 bits per heavy atom. The molecule has 1 N–H and O–H groups in total. The van der Waals surface area contributed by atoms with E-state index < -0.39 is 0 Å². The van der Waals surface area contributed by atoms with Crippen molar-refractivity contribution < 1.29 is 4.79 Å². The first kappa shape index (κ1) is 12.6. The smallest absolute Gasteiger partial charge is 0.220 e. The summed E-state index contributed by atoms with van der Waals surface area (Å²) in [5, 5.41) is 4.01. The van der Waals surface area contributed by atoms with Gasteiger partial charge in [0.25, 0.3) is 0 Å². The number of amides is 1. The molecule has 0 atom stereocenters. The summed E-state index contributed by atoms with van der Waals surface area (Å²) in [7, 11) is 0. The average molecular weight is 242 g/mol. The number of carbonyl (C=O) groups excluding carboxylic acids is 1. The minimum atomic E-state index is 0.0833. The molecular weight excluding hydrogens is 224 g/mol. The van der Waals surface area contributed by atoms with Crippen LogP contribution in [0, 0.1) is 5.92 Å². The Morgan fingerprint density at radius 1 is 1.22 bits per heavy atom. The summed E-state index contributed by atoms with van der Waals surface area (Å²) in [6, 6.07) is 12.0. The van der Waals surface area contributed by atoms with Crippen molar-refractivity contribution >= 4 is 16.8 Å². The molecule has 1 amide bonds. The largest absolute Gasteiger partial charge is 0.350 e. The van der Waals surface area contributed by atoms with Crippen LogP contribution in [0.3, 0.4) is 0 Å². The van der Waals surface area contributed by atoms with Gasteiger partial charge in [-0.25, -0.2) is 0 Å². The highest BCUT2D eigenvalue weighted by atomic mass is 16.1. The average Bonchev–Trinajstić information content (AvgIpc) is 2.35. The Hall–Kier alpha value is -1.90. The first-order valence-electron chi connectivity index (χ1n) is 6.26. The Labute approximate surface area is 107 Å². The van der Waals surface area contributed by atoms with Gasteiger partial charge in [0, 0.05) is 11.8 Å². The van der Waals surface area contributed by atoms with E-state index in [1.807, 2.05) is 50.2 Å². The number of fused-ring (bicyclic) bond motifs is 1. The molecule has 0 radical (unpaired) electrons. The van der Waals surface area contributed by atoms with Crippen molar-refractivity contribution in [3.05, 3.63) is 42.1 Å². The summed E-state index contributed by atoms with van der Waals surface area (Å²) < 4.78 is 0. The number of hydrogen-bond donors (Lipinski definition) is 1. The van der Waals surface area contributed by atoms with Gasteiger partial charge in [0.1, 0.15) is 0 Å². The van der Waals surface area contributed by atoms with Gasteiger partial charge < -0.3 is 5.32 Å². The summed E-state index contributed by atoms with van der Waals surface area (Å²) in [6.07, 6.45) is 0.563. The van der Waals surface area contributed by atoms with Gasteiger partial charge in [-0.1, -0.05) is 38.1 Å². The molecule has 3 heteroatoms. The molecule has 1 aromatic heterocycles. The molecule has 0 bridgehead atoms. The highest BCUT2D eigenvalue weighted by molar-refractivity contribution is 5.79. The standard InChI is InChI=1S/C15H18N2O/c1-11(2)9-15(18)16-10-13-8-7-12-5-3-4-6-14(12)17-13/h3-8,11H,9-10H2,1-2H3,(H,16,18). The molecule has 1 heterocycles. The monoisotopic (exact) mass is 242 g/mol. The van der Waals surface area contributed by atoms with Gasteiger partial charge in [0.15, 0.2) is 0 Å². The number of hydrogen-bond acceptors (Lipinski definition) is 2. The SMILES string of the molecule is CC(C)CC(=O)NCc1ccc2ccccc2n1. The third-order valence-corrected chi connectivity index (χ3v) is 2.72. The first-order valence-corrected chi connectivity index (χ1v) is 6.26. The molecule has 94 valence electrons. The van der Waals surface area contributed by atoms with Crippen LogP contribution in [0.25, 0.3) is 10.9 Å². The third-order valence-electron chi connectivity index (χ3n) is 2.72. The van der Waals surface area contributed by atoms with Crippen LogP contribution in [-0.2, 0) is 11.3 Å². The zero-order valence-corrected chi connectivity index (χ0v) is 10.8. The molecule has 0 aliphatic heterocycles. The minimum absolute atomic E-state index is 0.0833. The molecule has 3 nitrogen and oxygen atoms in total. The molecule has 18 heavy (non-hydrogen) atoms. The molecule has 0 unspecified atom stereocenters. The van der Waals surface area contributed by atoms with Crippen molar-refractivity contribution in [3.63, 3.8) is 0 Å². The molecule has 0 fully saturated rings. The highest BCUT2D eigenvalue weighted by Crippen LogP contribution is 2.11. The number of nitrogens with zero attached hydrogens (tertiary/aromatic N) is 1. The zero-order valence-electron chi connectivity index (χ0n) is 10.8. The lowest BCUT2D eigenvalue weighted by Gasteiger charge is -2.07. The van der Waals surface area contributed by atoms with Crippen LogP contribution in [-0.4, -0.2) is 10.9 Å². The predicted molar refractivity (Wildman–Crippen MR) is 73.0 cm³/mol. The van der Waals surface area contributed by atoms with Gasteiger partial charge in [-0.15, -0.1) is 0 Å². The number of benzene rings is 1. The fourth-order valence-electron chi connectivity index (χ4n) is 1.84. The van der Waals surface area contributed by atoms with Crippen molar-refractivity contribution in [2.24, 2.45) is 5.92 Å². The van der Waals surface area contributed by atoms with Crippen molar-refractivity contribution in [3.8, 4) is 0 Å². The van der Waals surface area contributed by atoms with E-state index in [0.717, 1.165) is 16.6 Å². The summed E-state index contributed by atoms with van der Waals surface area (Å²) in [6.45, 7) is 4.57. The molecule has 0 aliphatic carbocycles. The van der Waals surface area contributed by atoms with Gasteiger partial charge in [-0.2, -0.15) is 0 Å². The second-order valence-corrected chi connectivity index (χ2v) is 4.87. The van der Waals surface area contributed by atoms with Gasteiger partial charge in [-0.05, 0) is 18.1 Å². The van der Waals surface area contributed by atoms with E-state index in [-0.39, 0.29) is 5.91 Å². The van der Waals surface area contributed by atoms with Crippen LogP contribution in [0.1, 0.15) is 26.0 Å². The summed E-state index contributed by atoms with van der Waals surface area (Å²) in [5.41, 5.74) is 1.86. The van der Waals surface area contributed by atoms with Crippen LogP contribution in [0.15, 0.2) is 36.4 Å². The second kappa shape index (κ2) is 5.63. The van der Waals surface area contributed by atoms with Crippen LogP contribution in [0.4, 0.5) is 0 Å². The molecule has 1 aromatic carbocycles. The predicted octanol–water partition coefficient (Wildman–Crippen LogP) is 2.90. The Balaban J connectivity index is 2.01. The fraction of sp³-hybridized carbons (Fsp3) is 0.333. The molecule has 0 spiro atoms. The lowest BCUT2D eigenvalue weighted by atomic mass is 10.1. The van der Waals surface area contributed by atoms with Gasteiger partial charge in [0.05, 0.1) is 17.8 Å². The van der Waals surface area contributed by atoms with Crippen molar-refractivity contribution in [2.45, 2.75) is 26.8 Å². The maximum atomic E-state index is 11.6. The van der Waals surface area contributed by atoms with Crippen LogP contribution >= 0.6 is 0 Å². The van der Waals surface area contributed by atoms with Gasteiger partial charge in [0.2, 0.25) is 5.91 Å². The molecule has 2 rings (SSSR count). The van der Waals surface area contributed by atoms with Gasteiger partial charge >= 0.3 is 0 Å². The molecular formula is C15H18N2O. The lowest BCUT2D eigenvalue weighted by molar-refractivity contribution is -0.121. The number of rotatable bonds is 4. The fourth-order valence-corrected chi connectivity index (χ4v) is 1.84. The number of para-hydroxylation sites is 1. The number of nitrogens with one attached hydrogen (secondary N) is 1. The Morgan fingerprint density at radius 3 is 2.78 bits per heavy atom. The number of carbonyl (C=O) groups is 1. The summed E-state index contributed by atoms with van der Waals surface area (Å²) in [5.74, 6) is 0.467. The molecule has 0 aliphatic rings. The maximum absolute atomic E-state index is 11.6.